The Morgan fingerprint density at radius 1 is 0.442 bits per heavy atom. The fraction of sp³-hybridized carbons (Fsp3) is 0.455. The van der Waals surface area contributed by atoms with Crippen LogP contribution >= 0.6 is 0 Å². The molecular weight excluding hydrogens is 545 g/mol. The summed E-state index contributed by atoms with van der Waals surface area (Å²) in [5, 5.41) is 0. The maximum Gasteiger partial charge on any atom is 0.864 e. The molecule has 0 aromatic heterocycles. The summed E-state index contributed by atoms with van der Waals surface area (Å²) >= 11 is 0. The molecule has 3 aromatic carbocycles. The standard InChI is InChI=1S/C33H48BN3O6/c1-7-38-25-22-35(4)28-10-16-31(17-11-28)41-34(42-32-18-12-29(13-19-32)36(5)23-26-39-8-2)43-33-20-14-30(15-21-33)37(6)24-27-40-9-3/h10-21H,7-9,22-27H2,1-6H3. The second kappa shape index (κ2) is 18.8. The molecule has 234 valence electrons. The van der Waals surface area contributed by atoms with Crippen molar-refractivity contribution in [2.75, 3.05) is 95.1 Å². The maximum absolute atomic E-state index is 6.20. The van der Waals surface area contributed by atoms with Gasteiger partial charge in [-0.3, -0.25) is 0 Å². The second-order valence-corrected chi connectivity index (χ2v) is 9.98. The molecule has 0 aliphatic rings. The summed E-state index contributed by atoms with van der Waals surface area (Å²) in [6.07, 6.45) is 0. The van der Waals surface area contributed by atoms with Crippen molar-refractivity contribution < 1.29 is 28.2 Å². The van der Waals surface area contributed by atoms with Gasteiger partial charge in [0.1, 0.15) is 17.2 Å². The van der Waals surface area contributed by atoms with Crippen LogP contribution in [-0.4, -0.2) is 87.7 Å². The van der Waals surface area contributed by atoms with Crippen LogP contribution in [0, 0.1) is 0 Å². The summed E-state index contributed by atoms with van der Waals surface area (Å²) in [5.74, 6) is 1.89. The molecule has 0 aliphatic carbocycles. The van der Waals surface area contributed by atoms with Gasteiger partial charge in [0.05, 0.1) is 19.8 Å². The summed E-state index contributed by atoms with van der Waals surface area (Å²) in [6.45, 7) is 12.6. The Kier molecular flexibility index (Phi) is 14.9. The number of nitrogens with zero attached hydrogens (tertiary/aromatic N) is 3. The Morgan fingerprint density at radius 2 is 0.698 bits per heavy atom. The van der Waals surface area contributed by atoms with Crippen LogP contribution in [0.25, 0.3) is 0 Å². The molecule has 0 saturated heterocycles. The summed E-state index contributed by atoms with van der Waals surface area (Å²) in [6, 6.07) is 23.6. The first-order valence-corrected chi connectivity index (χ1v) is 15.1. The van der Waals surface area contributed by atoms with Gasteiger partial charge in [-0.05, 0) is 93.6 Å². The van der Waals surface area contributed by atoms with E-state index in [1.54, 1.807) is 0 Å². The molecule has 0 fully saturated rings. The van der Waals surface area contributed by atoms with Crippen molar-refractivity contribution in [2.24, 2.45) is 0 Å². The van der Waals surface area contributed by atoms with Gasteiger partial charge in [0.15, 0.2) is 0 Å². The normalized spacial score (nSPS) is 10.7. The number of benzene rings is 3. The Hall–Kier alpha value is -3.60. The van der Waals surface area contributed by atoms with Gasteiger partial charge in [0.25, 0.3) is 0 Å². The summed E-state index contributed by atoms with van der Waals surface area (Å²) in [7, 11) is 5.11. The fourth-order valence-electron chi connectivity index (χ4n) is 4.17. The highest BCUT2D eigenvalue weighted by Gasteiger charge is 2.30. The van der Waals surface area contributed by atoms with E-state index in [0.29, 0.717) is 56.9 Å². The monoisotopic (exact) mass is 593 g/mol. The molecule has 0 spiro atoms. The summed E-state index contributed by atoms with van der Waals surface area (Å²) in [4.78, 5) is 6.43. The smallest absolute Gasteiger partial charge is 0.490 e. The number of hydrogen-bond acceptors (Lipinski definition) is 9. The van der Waals surface area contributed by atoms with Gasteiger partial charge in [0.2, 0.25) is 0 Å². The highest BCUT2D eigenvalue weighted by atomic mass is 16.7. The van der Waals surface area contributed by atoms with E-state index < -0.39 is 7.32 Å². The molecule has 9 nitrogen and oxygen atoms in total. The highest BCUT2D eigenvalue weighted by molar-refractivity contribution is 6.39. The maximum atomic E-state index is 6.20. The van der Waals surface area contributed by atoms with Crippen LogP contribution in [0.4, 0.5) is 17.1 Å². The Bertz CT molecular complexity index is 1000. The van der Waals surface area contributed by atoms with Crippen LogP contribution < -0.4 is 28.7 Å². The van der Waals surface area contributed by atoms with E-state index in [2.05, 4.69) is 14.7 Å². The minimum Gasteiger partial charge on any atom is -0.490 e. The van der Waals surface area contributed by atoms with Crippen molar-refractivity contribution in [3.05, 3.63) is 72.8 Å². The van der Waals surface area contributed by atoms with E-state index in [0.717, 1.165) is 36.7 Å². The molecule has 0 unspecified atom stereocenters. The number of anilines is 3. The minimum atomic E-state index is -1.01. The van der Waals surface area contributed by atoms with Crippen LogP contribution in [0.15, 0.2) is 72.8 Å². The third-order valence-electron chi connectivity index (χ3n) is 6.85. The topological polar surface area (TPSA) is 65.1 Å². The fourth-order valence-corrected chi connectivity index (χ4v) is 4.17. The van der Waals surface area contributed by atoms with Crippen molar-refractivity contribution in [1.82, 2.24) is 0 Å². The lowest BCUT2D eigenvalue weighted by atomic mass is 10.1. The number of likely N-dealkylation sites (N-methyl/N-ethyl adjacent to an activating group) is 3. The van der Waals surface area contributed by atoms with Crippen LogP contribution in [-0.2, 0) is 14.2 Å². The number of hydrogen-bond donors (Lipinski definition) is 0. The third kappa shape index (κ3) is 11.9. The largest absolute Gasteiger partial charge is 0.864 e. The van der Waals surface area contributed by atoms with E-state index in [1.165, 1.54) is 0 Å². The predicted molar refractivity (Wildman–Crippen MR) is 176 cm³/mol. The summed E-state index contributed by atoms with van der Waals surface area (Å²) < 4.78 is 35.1. The van der Waals surface area contributed by atoms with Gasteiger partial charge in [-0.15, -0.1) is 0 Å². The Morgan fingerprint density at radius 3 is 0.930 bits per heavy atom. The molecule has 0 saturated carbocycles. The molecule has 10 heteroatoms. The Labute approximate surface area is 258 Å². The lowest BCUT2D eigenvalue weighted by Crippen LogP contribution is -2.37. The predicted octanol–water partition coefficient (Wildman–Crippen LogP) is 5.63. The van der Waals surface area contributed by atoms with Gasteiger partial charge in [0, 0.05) is 77.7 Å². The molecular formula is C33H48BN3O6. The van der Waals surface area contributed by atoms with Gasteiger partial charge in [-0.2, -0.15) is 0 Å². The summed E-state index contributed by atoms with van der Waals surface area (Å²) in [5.41, 5.74) is 3.20. The zero-order valence-corrected chi connectivity index (χ0v) is 26.7. The van der Waals surface area contributed by atoms with Crippen LogP contribution in [0.5, 0.6) is 17.2 Å². The van der Waals surface area contributed by atoms with Crippen molar-refractivity contribution in [3.8, 4) is 17.2 Å². The van der Waals surface area contributed by atoms with Crippen LogP contribution in [0.1, 0.15) is 20.8 Å². The van der Waals surface area contributed by atoms with Crippen LogP contribution in [0.2, 0.25) is 0 Å². The van der Waals surface area contributed by atoms with Crippen molar-refractivity contribution in [2.45, 2.75) is 20.8 Å². The second-order valence-electron chi connectivity index (χ2n) is 9.98. The first-order valence-electron chi connectivity index (χ1n) is 15.1. The molecule has 0 N–H and O–H groups in total. The Balaban J connectivity index is 1.70. The molecule has 0 aliphatic heterocycles. The SMILES string of the molecule is CCOCCN(C)c1ccc(OB(Oc2ccc(N(C)CCOCC)cc2)Oc2ccc(N(C)CCOCC)cc2)cc1. The van der Waals surface area contributed by atoms with E-state index in [1.807, 2.05) is 115 Å². The first-order chi connectivity index (χ1) is 20.9. The highest BCUT2D eigenvalue weighted by Crippen LogP contribution is 2.24. The van der Waals surface area contributed by atoms with E-state index in [4.69, 9.17) is 28.2 Å². The molecule has 0 heterocycles. The number of rotatable bonds is 21. The minimum absolute atomic E-state index is 0.631. The van der Waals surface area contributed by atoms with Gasteiger partial charge >= 0.3 is 7.32 Å². The van der Waals surface area contributed by atoms with Crippen molar-refractivity contribution >= 4 is 24.4 Å². The van der Waals surface area contributed by atoms with Gasteiger partial charge in [-0.1, -0.05) is 0 Å². The first kappa shape index (κ1) is 33.9. The molecule has 0 amide bonds. The average Bonchev–Trinajstić information content (AvgIpc) is 3.02. The molecule has 0 radical (unpaired) electrons. The van der Waals surface area contributed by atoms with E-state index in [9.17, 15) is 0 Å². The van der Waals surface area contributed by atoms with E-state index in [-0.39, 0.29) is 0 Å². The van der Waals surface area contributed by atoms with Gasteiger partial charge < -0.3 is 42.9 Å². The zero-order valence-electron chi connectivity index (χ0n) is 26.7. The van der Waals surface area contributed by atoms with Crippen LogP contribution in [0.3, 0.4) is 0 Å². The number of ether oxygens (including phenoxy) is 3. The molecule has 0 atom stereocenters. The zero-order chi connectivity index (χ0) is 30.9. The molecule has 3 rings (SSSR count). The molecule has 0 bridgehead atoms. The molecule has 3 aromatic rings. The van der Waals surface area contributed by atoms with E-state index >= 15 is 0 Å². The van der Waals surface area contributed by atoms with Crippen molar-refractivity contribution in [1.29, 1.82) is 0 Å². The lowest BCUT2D eigenvalue weighted by molar-refractivity contribution is 0.154. The average molecular weight is 594 g/mol. The van der Waals surface area contributed by atoms with Crippen molar-refractivity contribution in [3.63, 3.8) is 0 Å². The molecule has 43 heavy (non-hydrogen) atoms. The lowest BCUT2D eigenvalue weighted by Gasteiger charge is -2.22. The third-order valence-corrected chi connectivity index (χ3v) is 6.85. The quantitative estimate of drug-likeness (QED) is 0.116. The van der Waals surface area contributed by atoms with Gasteiger partial charge in [-0.25, -0.2) is 0 Å².